The summed E-state index contributed by atoms with van der Waals surface area (Å²) in [4.78, 5) is 14.5. The Bertz CT molecular complexity index is 807. The Labute approximate surface area is 149 Å². The first-order valence-corrected chi connectivity index (χ1v) is 9.30. The Morgan fingerprint density at radius 3 is 2.54 bits per heavy atom. The van der Waals surface area contributed by atoms with E-state index in [1.807, 2.05) is 24.4 Å². The van der Waals surface area contributed by atoms with Gasteiger partial charge in [0.25, 0.3) is 0 Å². The summed E-state index contributed by atoms with van der Waals surface area (Å²) in [6, 6.07) is 10.2. The van der Waals surface area contributed by atoms with Gasteiger partial charge in [-0.3, -0.25) is 4.99 Å². The Morgan fingerprint density at radius 2 is 1.88 bits per heavy atom. The minimum Gasteiger partial charge on any atom is -0.350 e. The lowest BCUT2D eigenvalue weighted by molar-refractivity contribution is 0.801. The number of nitrogens with one attached hydrogen (secondary N) is 2. The van der Waals surface area contributed by atoms with Gasteiger partial charge in [0.1, 0.15) is 10.0 Å². The number of hydrogen-bond acceptors (Lipinski definition) is 5. The second kappa shape index (κ2) is 8.03. The van der Waals surface area contributed by atoms with E-state index in [1.165, 1.54) is 4.88 Å². The molecule has 5 nitrogen and oxygen atoms in total. The van der Waals surface area contributed by atoms with Gasteiger partial charge in [0.05, 0.1) is 18.8 Å². The molecule has 3 rings (SSSR count). The van der Waals surface area contributed by atoms with Crippen molar-refractivity contribution in [2.24, 2.45) is 4.99 Å². The maximum atomic E-state index is 4.67. The normalized spacial score (nSPS) is 11.5. The van der Waals surface area contributed by atoms with E-state index >= 15 is 0 Å². The third-order valence-electron chi connectivity index (χ3n) is 3.33. The van der Waals surface area contributed by atoms with E-state index in [0.29, 0.717) is 13.1 Å². The first-order chi connectivity index (χ1) is 11.7. The molecule has 1 aromatic carbocycles. The molecule has 2 N–H and O–H groups in total. The summed E-state index contributed by atoms with van der Waals surface area (Å²) in [5.41, 5.74) is 2.15. The molecule has 0 aliphatic carbocycles. The summed E-state index contributed by atoms with van der Waals surface area (Å²) in [5.74, 6) is 0.749. The maximum absolute atomic E-state index is 4.67. The Hall–Kier alpha value is -2.25. The maximum Gasteiger partial charge on any atom is 0.191 e. The van der Waals surface area contributed by atoms with Crippen LogP contribution in [0.2, 0.25) is 0 Å². The van der Waals surface area contributed by atoms with Crippen molar-refractivity contribution in [3.63, 3.8) is 0 Å². The van der Waals surface area contributed by atoms with E-state index in [4.69, 9.17) is 0 Å². The van der Waals surface area contributed by atoms with Gasteiger partial charge in [0.15, 0.2) is 5.96 Å². The molecular weight excluding hydrogens is 338 g/mol. The second-order valence-corrected chi connectivity index (χ2v) is 7.40. The van der Waals surface area contributed by atoms with Gasteiger partial charge in [-0.15, -0.1) is 22.7 Å². The van der Waals surface area contributed by atoms with Crippen LogP contribution >= 0.6 is 22.7 Å². The molecule has 0 aliphatic heterocycles. The van der Waals surface area contributed by atoms with E-state index < -0.39 is 0 Å². The second-order valence-electron chi connectivity index (χ2n) is 5.14. The third-order valence-corrected chi connectivity index (χ3v) is 5.09. The fourth-order valence-electron chi connectivity index (χ4n) is 2.16. The van der Waals surface area contributed by atoms with Crippen molar-refractivity contribution >= 4 is 28.6 Å². The van der Waals surface area contributed by atoms with Gasteiger partial charge in [0.2, 0.25) is 0 Å². The van der Waals surface area contributed by atoms with E-state index in [0.717, 1.165) is 27.2 Å². The van der Waals surface area contributed by atoms with Crippen LogP contribution in [0, 0.1) is 6.92 Å². The van der Waals surface area contributed by atoms with E-state index in [1.54, 1.807) is 29.7 Å². The number of aliphatic imine (C=N–C) groups is 1. The number of hydrogen-bond donors (Lipinski definition) is 2. The smallest absolute Gasteiger partial charge is 0.191 e. The number of aryl methyl sites for hydroxylation is 1. The van der Waals surface area contributed by atoms with Crippen molar-refractivity contribution in [3.8, 4) is 11.3 Å². The highest BCUT2D eigenvalue weighted by atomic mass is 32.1. The number of benzene rings is 1. The topological polar surface area (TPSA) is 62.2 Å². The first kappa shape index (κ1) is 16.6. The summed E-state index contributed by atoms with van der Waals surface area (Å²) < 4.78 is 0. The van der Waals surface area contributed by atoms with Gasteiger partial charge < -0.3 is 10.6 Å². The lowest BCUT2D eigenvalue weighted by atomic mass is 10.2. The number of thiazole rings is 2. The van der Waals surface area contributed by atoms with Crippen LogP contribution in [-0.2, 0) is 13.1 Å². The van der Waals surface area contributed by atoms with Crippen molar-refractivity contribution in [2.75, 3.05) is 7.05 Å². The minimum absolute atomic E-state index is 0.647. The fourth-order valence-corrected chi connectivity index (χ4v) is 3.63. The van der Waals surface area contributed by atoms with E-state index in [-0.39, 0.29) is 0 Å². The van der Waals surface area contributed by atoms with Gasteiger partial charge in [-0.2, -0.15) is 0 Å². The van der Waals surface area contributed by atoms with Crippen molar-refractivity contribution in [3.05, 3.63) is 56.8 Å². The van der Waals surface area contributed by atoms with Crippen LogP contribution in [0.15, 0.2) is 46.9 Å². The molecule has 0 unspecified atom stereocenters. The quantitative estimate of drug-likeness (QED) is 0.542. The molecule has 0 aliphatic rings. The zero-order valence-electron chi connectivity index (χ0n) is 13.6. The molecule has 0 atom stereocenters. The summed E-state index contributed by atoms with van der Waals surface area (Å²) >= 11 is 3.34. The molecular formula is C17H19N5S2. The van der Waals surface area contributed by atoms with Crippen LogP contribution in [0.3, 0.4) is 0 Å². The monoisotopic (exact) mass is 357 g/mol. The molecule has 0 saturated carbocycles. The minimum atomic E-state index is 0.647. The van der Waals surface area contributed by atoms with Gasteiger partial charge in [-0.25, -0.2) is 9.97 Å². The Morgan fingerprint density at radius 1 is 1.12 bits per heavy atom. The largest absolute Gasteiger partial charge is 0.350 e. The van der Waals surface area contributed by atoms with Crippen molar-refractivity contribution in [2.45, 2.75) is 20.0 Å². The molecule has 0 radical (unpaired) electrons. The van der Waals surface area contributed by atoms with Crippen LogP contribution in [0.5, 0.6) is 0 Å². The molecule has 24 heavy (non-hydrogen) atoms. The van der Waals surface area contributed by atoms with Gasteiger partial charge in [-0.05, 0) is 6.92 Å². The average molecular weight is 358 g/mol. The number of nitrogens with zero attached hydrogens (tertiary/aromatic N) is 3. The molecule has 3 aromatic rings. The predicted octanol–water partition coefficient (Wildman–Crippen LogP) is 3.44. The lowest BCUT2D eigenvalue weighted by Crippen LogP contribution is -2.36. The SMILES string of the molecule is CN=C(NCc1nc(-c2ccccc2)cs1)NCc1ncc(C)s1. The summed E-state index contributed by atoms with van der Waals surface area (Å²) in [5, 5.41) is 10.7. The zero-order valence-corrected chi connectivity index (χ0v) is 15.2. The molecule has 0 amide bonds. The molecule has 2 heterocycles. The number of aromatic nitrogens is 2. The fraction of sp³-hybridized carbons (Fsp3) is 0.235. The van der Waals surface area contributed by atoms with Gasteiger partial charge in [0, 0.05) is 29.1 Å². The van der Waals surface area contributed by atoms with E-state index in [2.05, 4.69) is 50.0 Å². The van der Waals surface area contributed by atoms with Crippen LogP contribution in [0.1, 0.15) is 14.9 Å². The molecule has 0 fully saturated rings. The molecule has 0 saturated heterocycles. The highest BCUT2D eigenvalue weighted by Crippen LogP contribution is 2.21. The van der Waals surface area contributed by atoms with Crippen molar-refractivity contribution < 1.29 is 0 Å². The predicted molar refractivity (Wildman–Crippen MR) is 101 cm³/mol. The highest BCUT2D eigenvalue weighted by Gasteiger charge is 2.06. The van der Waals surface area contributed by atoms with Crippen molar-refractivity contribution in [1.82, 2.24) is 20.6 Å². The number of guanidine groups is 1. The summed E-state index contributed by atoms with van der Waals surface area (Å²) in [7, 11) is 1.76. The highest BCUT2D eigenvalue weighted by molar-refractivity contribution is 7.11. The molecule has 124 valence electrons. The Kier molecular flexibility index (Phi) is 5.55. The molecule has 0 spiro atoms. The third kappa shape index (κ3) is 4.39. The first-order valence-electron chi connectivity index (χ1n) is 7.60. The zero-order chi connectivity index (χ0) is 16.8. The Balaban J connectivity index is 1.53. The van der Waals surface area contributed by atoms with Gasteiger partial charge in [-0.1, -0.05) is 30.3 Å². The standard InChI is InChI=1S/C17H19N5S2/c1-12-8-19-15(24-12)9-20-17(18-2)21-10-16-22-14(11-23-16)13-6-4-3-5-7-13/h3-8,11H,9-10H2,1-2H3,(H2,18,20,21). The summed E-state index contributed by atoms with van der Waals surface area (Å²) in [6.45, 7) is 3.38. The van der Waals surface area contributed by atoms with E-state index in [9.17, 15) is 0 Å². The molecule has 7 heteroatoms. The van der Waals surface area contributed by atoms with Crippen molar-refractivity contribution in [1.29, 1.82) is 0 Å². The lowest BCUT2D eigenvalue weighted by Gasteiger charge is -2.09. The van der Waals surface area contributed by atoms with Crippen LogP contribution in [0.25, 0.3) is 11.3 Å². The summed E-state index contributed by atoms with van der Waals surface area (Å²) in [6.07, 6.45) is 1.89. The van der Waals surface area contributed by atoms with Crippen LogP contribution in [0.4, 0.5) is 0 Å². The van der Waals surface area contributed by atoms with Gasteiger partial charge >= 0.3 is 0 Å². The number of rotatable bonds is 5. The van der Waals surface area contributed by atoms with Crippen LogP contribution < -0.4 is 10.6 Å². The average Bonchev–Trinajstić information content (AvgIpc) is 3.25. The molecule has 0 bridgehead atoms. The molecule has 2 aromatic heterocycles. The van der Waals surface area contributed by atoms with Crippen LogP contribution in [-0.4, -0.2) is 23.0 Å².